The number of halogens is 2. The maximum atomic E-state index is 14.4. The number of hydrogen-bond acceptors (Lipinski definition) is 5. The lowest BCUT2D eigenvalue weighted by molar-refractivity contribution is 0.560. The SMILES string of the molecule is Fc1ccc(F)c([C@H]2CCCN2c2ccn3ncc(N4C=CC=NC4)c3n2)c1. The van der Waals surface area contributed by atoms with Crippen molar-refractivity contribution >= 4 is 23.4 Å². The van der Waals surface area contributed by atoms with E-state index in [0.717, 1.165) is 37.0 Å². The summed E-state index contributed by atoms with van der Waals surface area (Å²) in [6.07, 6.45) is 10.8. The zero-order valence-corrected chi connectivity index (χ0v) is 15.0. The van der Waals surface area contributed by atoms with Gasteiger partial charge in [-0.3, -0.25) is 4.99 Å². The van der Waals surface area contributed by atoms with E-state index in [2.05, 4.69) is 10.1 Å². The van der Waals surface area contributed by atoms with Crippen molar-refractivity contribution in [1.82, 2.24) is 14.6 Å². The second-order valence-corrected chi connectivity index (χ2v) is 6.89. The minimum Gasteiger partial charge on any atom is -0.349 e. The maximum absolute atomic E-state index is 14.4. The smallest absolute Gasteiger partial charge is 0.181 e. The molecular formula is C20H18F2N6. The summed E-state index contributed by atoms with van der Waals surface area (Å²) in [5.41, 5.74) is 1.92. The van der Waals surface area contributed by atoms with Crippen molar-refractivity contribution < 1.29 is 8.78 Å². The summed E-state index contributed by atoms with van der Waals surface area (Å²) in [5, 5.41) is 4.36. The molecule has 0 bridgehead atoms. The van der Waals surface area contributed by atoms with Gasteiger partial charge in [-0.25, -0.2) is 18.3 Å². The van der Waals surface area contributed by atoms with Crippen LogP contribution in [-0.2, 0) is 0 Å². The lowest BCUT2D eigenvalue weighted by Crippen LogP contribution is -2.25. The summed E-state index contributed by atoms with van der Waals surface area (Å²) in [5.74, 6) is -0.0900. The van der Waals surface area contributed by atoms with Crippen LogP contribution in [0.5, 0.6) is 0 Å². The van der Waals surface area contributed by atoms with Crippen LogP contribution in [-0.4, -0.2) is 34.0 Å². The Bertz CT molecular complexity index is 1090. The topological polar surface area (TPSA) is 49.0 Å². The lowest BCUT2D eigenvalue weighted by atomic mass is 10.0. The Morgan fingerprint density at radius 3 is 2.93 bits per heavy atom. The highest BCUT2D eigenvalue weighted by Gasteiger charge is 2.30. The number of rotatable bonds is 3. The first-order valence-corrected chi connectivity index (χ1v) is 9.20. The third kappa shape index (κ3) is 2.81. The van der Waals surface area contributed by atoms with Gasteiger partial charge in [0.2, 0.25) is 0 Å². The fourth-order valence-corrected chi connectivity index (χ4v) is 3.89. The van der Waals surface area contributed by atoms with E-state index in [4.69, 9.17) is 4.98 Å². The summed E-state index contributed by atoms with van der Waals surface area (Å²) in [6.45, 7) is 1.24. The second-order valence-electron chi connectivity index (χ2n) is 6.89. The molecule has 1 fully saturated rings. The number of fused-ring (bicyclic) bond motifs is 1. The van der Waals surface area contributed by atoms with E-state index in [1.54, 1.807) is 16.9 Å². The highest BCUT2D eigenvalue weighted by Crippen LogP contribution is 2.37. The first-order valence-electron chi connectivity index (χ1n) is 9.20. The van der Waals surface area contributed by atoms with E-state index in [1.807, 2.05) is 34.3 Å². The quantitative estimate of drug-likeness (QED) is 0.695. The zero-order chi connectivity index (χ0) is 19.1. The molecule has 3 aromatic rings. The van der Waals surface area contributed by atoms with Crippen LogP contribution < -0.4 is 9.80 Å². The van der Waals surface area contributed by atoms with E-state index < -0.39 is 5.82 Å². The van der Waals surface area contributed by atoms with Crippen molar-refractivity contribution in [1.29, 1.82) is 0 Å². The third-order valence-electron chi connectivity index (χ3n) is 5.20. The number of anilines is 2. The molecule has 6 nitrogen and oxygen atoms in total. The van der Waals surface area contributed by atoms with E-state index in [0.29, 0.717) is 17.9 Å². The van der Waals surface area contributed by atoms with Crippen molar-refractivity contribution in [2.24, 2.45) is 4.99 Å². The van der Waals surface area contributed by atoms with Gasteiger partial charge in [0, 0.05) is 30.7 Å². The number of nitrogens with zero attached hydrogens (tertiary/aromatic N) is 6. The van der Waals surface area contributed by atoms with Gasteiger partial charge in [-0.1, -0.05) is 0 Å². The van der Waals surface area contributed by atoms with Crippen LogP contribution in [0.3, 0.4) is 0 Å². The Labute approximate surface area is 160 Å². The van der Waals surface area contributed by atoms with Crippen molar-refractivity contribution in [3.05, 3.63) is 66.1 Å². The Hall–Kier alpha value is -3.29. The molecule has 142 valence electrons. The number of benzene rings is 1. The van der Waals surface area contributed by atoms with Crippen LogP contribution >= 0.6 is 0 Å². The highest BCUT2D eigenvalue weighted by atomic mass is 19.1. The van der Waals surface area contributed by atoms with E-state index in [1.165, 1.54) is 12.1 Å². The van der Waals surface area contributed by atoms with Gasteiger partial charge in [0.15, 0.2) is 5.65 Å². The van der Waals surface area contributed by atoms with Crippen molar-refractivity contribution in [2.45, 2.75) is 18.9 Å². The first kappa shape index (κ1) is 16.9. The van der Waals surface area contributed by atoms with Gasteiger partial charge in [-0.15, -0.1) is 0 Å². The summed E-state index contributed by atoms with van der Waals surface area (Å²) in [4.78, 5) is 13.1. The summed E-state index contributed by atoms with van der Waals surface area (Å²) >= 11 is 0. The van der Waals surface area contributed by atoms with Gasteiger partial charge < -0.3 is 9.80 Å². The number of allylic oxidation sites excluding steroid dienone is 1. The largest absolute Gasteiger partial charge is 0.349 e. The van der Waals surface area contributed by atoms with Gasteiger partial charge in [0.1, 0.15) is 29.8 Å². The number of aliphatic imine (C=N–C) groups is 1. The minimum absolute atomic E-state index is 0.239. The molecule has 4 heterocycles. The fourth-order valence-electron chi connectivity index (χ4n) is 3.89. The third-order valence-corrected chi connectivity index (χ3v) is 5.20. The van der Waals surface area contributed by atoms with Crippen LogP contribution in [0, 0.1) is 11.6 Å². The number of hydrogen-bond donors (Lipinski definition) is 0. The molecule has 2 aliphatic rings. The zero-order valence-electron chi connectivity index (χ0n) is 15.0. The van der Waals surface area contributed by atoms with Crippen LogP contribution in [0.4, 0.5) is 20.3 Å². The van der Waals surface area contributed by atoms with Gasteiger partial charge >= 0.3 is 0 Å². The van der Waals surface area contributed by atoms with Gasteiger partial charge in [0.25, 0.3) is 0 Å². The molecule has 0 spiro atoms. The Balaban J connectivity index is 1.54. The standard InChI is InChI=1S/C20H18F2N6/c21-14-4-5-16(22)15(11-14)17-3-1-9-27(17)19-6-10-28-20(25-19)18(12-24-28)26-8-2-7-23-13-26/h2,4-8,10-12,17H,1,3,9,13H2/t17-/m1/s1. The van der Waals surface area contributed by atoms with Crippen LogP contribution in [0.15, 0.2) is 53.9 Å². The molecule has 0 unspecified atom stereocenters. The van der Waals surface area contributed by atoms with E-state index >= 15 is 0 Å². The average Bonchev–Trinajstić information content (AvgIpc) is 3.37. The van der Waals surface area contributed by atoms with Crippen LogP contribution in [0.25, 0.3) is 5.65 Å². The monoisotopic (exact) mass is 380 g/mol. The van der Waals surface area contributed by atoms with Crippen LogP contribution in [0.2, 0.25) is 0 Å². The normalized spacial score (nSPS) is 19.1. The average molecular weight is 380 g/mol. The Morgan fingerprint density at radius 1 is 1.14 bits per heavy atom. The molecule has 1 aromatic carbocycles. The molecule has 1 saturated heterocycles. The predicted octanol–water partition coefficient (Wildman–Crippen LogP) is 3.71. The molecule has 0 radical (unpaired) electrons. The van der Waals surface area contributed by atoms with Gasteiger partial charge in [0.05, 0.1) is 12.2 Å². The molecule has 0 amide bonds. The Kier molecular flexibility index (Phi) is 4.03. The molecule has 5 rings (SSSR count). The number of aromatic nitrogens is 3. The molecule has 1 atom stereocenters. The Morgan fingerprint density at radius 2 is 2.07 bits per heavy atom. The predicted molar refractivity (Wildman–Crippen MR) is 104 cm³/mol. The van der Waals surface area contributed by atoms with E-state index in [-0.39, 0.29) is 11.9 Å². The van der Waals surface area contributed by atoms with Crippen molar-refractivity contribution in [2.75, 3.05) is 23.0 Å². The molecule has 2 aromatic heterocycles. The van der Waals surface area contributed by atoms with E-state index in [9.17, 15) is 8.78 Å². The highest BCUT2D eigenvalue weighted by molar-refractivity contribution is 5.77. The van der Waals surface area contributed by atoms with Crippen LogP contribution in [0.1, 0.15) is 24.4 Å². The maximum Gasteiger partial charge on any atom is 0.181 e. The molecule has 28 heavy (non-hydrogen) atoms. The fraction of sp³-hybridized carbons (Fsp3) is 0.250. The minimum atomic E-state index is -0.429. The molecule has 0 N–H and O–H groups in total. The lowest BCUT2D eigenvalue weighted by Gasteiger charge is -2.26. The summed E-state index contributed by atoms with van der Waals surface area (Å²) in [7, 11) is 0. The molecular weight excluding hydrogens is 362 g/mol. The van der Waals surface area contributed by atoms with Crippen molar-refractivity contribution in [3.8, 4) is 0 Å². The first-order chi connectivity index (χ1) is 13.7. The molecule has 0 saturated carbocycles. The van der Waals surface area contributed by atoms with Gasteiger partial charge in [-0.2, -0.15) is 5.10 Å². The summed E-state index contributed by atoms with van der Waals surface area (Å²) in [6, 6.07) is 5.25. The molecule has 2 aliphatic heterocycles. The second kappa shape index (κ2) is 6.70. The summed E-state index contributed by atoms with van der Waals surface area (Å²) < 4.78 is 29.8. The molecule has 0 aliphatic carbocycles. The van der Waals surface area contributed by atoms with Crippen molar-refractivity contribution in [3.63, 3.8) is 0 Å². The van der Waals surface area contributed by atoms with Gasteiger partial charge in [-0.05, 0) is 43.2 Å². The molecule has 8 heteroatoms.